The van der Waals surface area contributed by atoms with Crippen LogP contribution in [0.4, 0.5) is 0 Å². The molecule has 0 spiro atoms. The van der Waals surface area contributed by atoms with E-state index in [2.05, 4.69) is 20.7 Å². The van der Waals surface area contributed by atoms with E-state index in [0.29, 0.717) is 19.0 Å². The zero-order chi connectivity index (χ0) is 19.8. The van der Waals surface area contributed by atoms with E-state index in [-0.39, 0.29) is 6.61 Å². The molecule has 7 heteroatoms. The maximum Gasteiger partial charge on any atom is 0.191 e. The summed E-state index contributed by atoms with van der Waals surface area (Å²) in [5.41, 5.74) is 4.35. The number of ether oxygens (including phenoxy) is 1. The molecule has 0 aliphatic rings. The summed E-state index contributed by atoms with van der Waals surface area (Å²) in [6.45, 7) is 9.90. The Morgan fingerprint density at radius 1 is 1.30 bits per heavy atom. The minimum atomic E-state index is -0.642. The Morgan fingerprint density at radius 3 is 2.70 bits per heavy atom. The molecule has 27 heavy (non-hydrogen) atoms. The van der Waals surface area contributed by atoms with Gasteiger partial charge in [-0.15, -0.1) is 0 Å². The molecule has 0 saturated heterocycles. The Kier molecular flexibility index (Phi) is 7.67. The van der Waals surface area contributed by atoms with Crippen molar-refractivity contribution in [3.63, 3.8) is 0 Å². The molecule has 1 atom stereocenters. The molecule has 0 aliphatic heterocycles. The first-order valence-corrected chi connectivity index (χ1v) is 9.29. The second kappa shape index (κ2) is 9.97. The third kappa shape index (κ3) is 6.29. The fraction of sp³-hybridized carbons (Fsp3) is 0.500. The van der Waals surface area contributed by atoms with Gasteiger partial charge >= 0.3 is 0 Å². The van der Waals surface area contributed by atoms with Crippen LogP contribution < -0.4 is 15.4 Å². The van der Waals surface area contributed by atoms with Crippen LogP contribution in [0.2, 0.25) is 0 Å². The number of hydrogen-bond acceptors (Lipinski definition) is 4. The molecule has 0 radical (unpaired) electrons. The molecule has 0 amide bonds. The second-order valence-corrected chi connectivity index (χ2v) is 6.63. The van der Waals surface area contributed by atoms with Gasteiger partial charge in [-0.3, -0.25) is 4.68 Å². The predicted octanol–water partition coefficient (Wildman–Crippen LogP) is 1.84. The fourth-order valence-electron chi connectivity index (χ4n) is 2.72. The quantitative estimate of drug-likeness (QED) is 0.486. The molecule has 2 aromatic rings. The molecule has 1 aromatic heterocycles. The molecule has 1 aromatic carbocycles. The number of rotatable bonds is 8. The summed E-state index contributed by atoms with van der Waals surface area (Å²) >= 11 is 0. The molecule has 0 aliphatic carbocycles. The molecule has 2 rings (SSSR count). The molecular weight excluding hydrogens is 342 g/mol. The minimum absolute atomic E-state index is 0.219. The van der Waals surface area contributed by atoms with Crippen LogP contribution in [0.1, 0.15) is 29.4 Å². The second-order valence-electron chi connectivity index (χ2n) is 6.63. The minimum Gasteiger partial charge on any atom is -0.491 e. The highest BCUT2D eigenvalue weighted by atomic mass is 16.5. The Labute approximate surface area is 161 Å². The number of aryl methyl sites for hydroxylation is 3. The highest BCUT2D eigenvalue weighted by Crippen LogP contribution is 2.13. The van der Waals surface area contributed by atoms with Crippen molar-refractivity contribution in [2.45, 2.75) is 40.3 Å². The Balaban J connectivity index is 1.87. The van der Waals surface area contributed by atoms with Crippen molar-refractivity contribution in [3.05, 3.63) is 46.8 Å². The standard InChI is InChI=1S/C20H31N5O2/c1-6-21-20(23-12-19-15(3)24-25(5)16(19)4)22-11-17(26)13-27-18-9-7-8-14(2)10-18/h7-10,17,26H,6,11-13H2,1-5H3,(H2,21,22,23). The van der Waals surface area contributed by atoms with Crippen LogP contribution in [-0.4, -0.2) is 46.6 Å². The molecule has 0 fully saturated rings. The van der Waals surface area contributed by atoms with Gasteiger partial charge in [0, 0.05) is 31.4 Å². The Morgan fingerprint density at radius 2 is 2.07 bits per heavy atom. The first-order valence-electron chi connectivity index (χ1n) is 9.29. The number of benzene rings is 1. The van der Waals surface area contributed by atoms with Gasteiger partial charge in [0.1, 0.15) is 18.5 Å². The summed E-state index contributed by atoms with van der Waals surface area (Å²) in [6.07, 6.45) is -0.642. The van der Waals surface area contributed by atoms with Crippen molar-refractivity contribution in [1.82, 2.24) is 20.4 Å². The first kappa shape index (κ1) is 20.8. The lowest BCUT2D eigenvalue weighted by Gasteiger charge is -2.16. The highest BCUT2D eigenvalue weighted by Gasteiger charge is 2.10. The van der Waals surface area contributed by atoms with Crippen LogP contribution in [0.25, 0.3) is 0 Å². The first-order chi connectivity index (χ1) is 12.9. The summed E-state index contributed by atoms with van der Waals surface area (Å²) in [5.74, 6) is 1.42. The zero-order valence-corrected chi connectivity index (χ0v) is 16.9. The number of nitrogens with zero attached hydrogens (tertiary/aromatic N) is 3. The maximum absolute atomic E-state index is 10.2. The highest BCUT2D eigenvalue weighted by molar-refractivity contribution is 5.79. The fourth-order valence-corrected chi connectivity index (χ4v) is 2.72. The van der Waals surface area contributed by atoms with E-state index in [9.17, 15) is 5.11 Å². The number of aliphatic imine (C=N–C) groups is 1. The van der Waals surface area contributed by atoms with E-state index in [0.717, 1.165) is 34.8 Å². The molecular formula is C20H31N5O2. The van der Waals surface area contributed by atoms with Crippen LogP contribution in [-0.2, 0) is 13.6 Å². The largest absolute Gasteiger partial charge is 0.491 e. The number of nitrogens with one attached hydrogen (secondary N) is 2. The van der Waals surface area contributed by atoms with Crippen LogP contribution in [0.5, 0.6) is 5.75 Å². The maximum atomic E-state index is 10.2. The Hall–Kier alpha value is -2.54. The van der Waals surface area contributed by atoms with Gasteiger partial charge in [-0.25, -0.2) is 4.99 Å². The molecule has 148 valence electrons. The van der Waals surface area contributed by atoms with Crippen LogP contribution in [0, 0.1) is 20.8 Å². The van der Waals surface area contributed by atoms with Crippen LogP contribution in [0.15, 0.2) is 29.3 Å². The molecule has 7 nitrogen and oxygen atoms in total. The van der Waals surface area contributed by atoms with Crippen molar-refractivity contribution < 1.29 is 9.84 Å². The summed E-state index contributed by atoms with van der Waals surface area (Å²) in [5, 5.41) is 21.0. The van der Waals surface area contributed by atoms with Gasteiger partial charge in [-0.2, -0.15) is 5.10 Å². The van der Waals surface area contributed by atoms with E-state index in [4.69, 9.17) is 4.74 Å². The van der Waals surface area contributed by atoms with Crippen molar-refractivity contribution in [2.24, 2.45) is 12.0 Å². The van der Waals surface area contributed by atoms with Gasteiger partial charge in [0.2, 0.25) is 0 Å². The van der Waals surface area contributed by atoms with Gasteiger partial charge in [-0.1, -0.05) is 12.1 Å². The molecule has 1 heterocycles. The number of aromatic nitrogens is 2. The normalized spacial score (nSPS) is 12.7. The van der Waals surface area contributed by atoms with E-state index in [1.165, 1.54) is 0 Å². The average molecular weight is 374 g/mol. The van der Waals surface area contributed by atoms with Crippen molar-refractivity contribution in [3.8, 4) is 5.75 Å². The third-order valence-corrected chi connectivity index (χ3v) is 4.34. The van der Waals surface area contributed by atoms with E-state index >= 15 is 0 Å². The van der Waals surface area contributed by atoms with Crippen LogP contribution >= 0.6 is 0 Å². The zero-order valence-electron chi connectivity index (χ0n) is 16.9. The van der Waals surface area contributed by atoms with Crippen LogP contribution in [0.3, 0.4) is 0 Å². The average Bonchev–Trinajstić information content (AvgIpc) is 2.87. The lowest BCUT2D eigenvalue weighted by molar-refractivity contribution is 0.110. The summed E-state index contributed by atoms with van der Waals surface area (Å²) in [7, 11) is 1.93. The molecule has 0 saturated carbocycles. The smallest absolute Gasteiger partial charge is 0.191 e. The topological polar surface area (TPSA) is 83.7 Å². The Bertz CT molecular complexity index is 770. The molecule has 1 unspecified atom stereocenters. The predicted molar refractivity (Wildman–Crippen MR) is 108 cm³/mol. The van der Waals surface area contributed by atoms with Gasteiger partial charge < -0.3 is 20.5 Å². The van der Waals surface area contributed by atoms with Crippen molar-refractivity contribution >= 4 is 5.96 Å². The van der Waals surface area contributed by atoms with Crippen molar-refractivity contribution in [2.75, 3.05) is 19.7 Å². The van der Waals surface area contributed by atoms with Gasteiger partial charge in [0.05, 0.1) is 12.2 Å². The van der Waals surface area contributed by atoms with Gasteiger partial charge in [0.15, 0.2) is 5.96 Å². The van der Waals surface area contributed by atoms with E-state index in [1.54, 1.807) is 0 Å². The summed E-state index contributed by atoms with van der Waals surface area (Å²) < 4.78 is 7.51. The van der Waals surface area contributed by atoms with Crippen molar-refractivity contribution in [1.29, 1.82) is 0 Å². The van der Waals surface area contributed by atoms with Gasteiger partial charge in [-0.05, 0) is 45.4 Å². The molecule has 0 bridgehead atoms. The van der Waals surface area contributed by atoms with E-state index in [1.807, 2.05) is 63.7 Å². The third-order valence-electron chi connectivity index (χ3n) is 4.34. The lowest BCUT2D eigenvalue weighted by Crippen LogP contribution is -2.42. The number of guanidine groups is 1. The molecule has 3 N–H and O–H groups in total. The lowest BCUT2D eigenvalue weighted by atomic mass is 10.2. The summed E-state index contributed by atoms with van der Waals surface area (Å²) in [4.78, 5) is 4.61. The number of hydrogen-bond donors (Lipinski definition) is 3. The SMILES string of the molecule is CCNC(=NCc1c(C)nn(C)c1C)NCC(O)COc1cccc(C)c1. The monoisotopic (exact) mass is 373 g/mol. The van der Waals surface area contributed by atoms with E-state index < -0.39 is 6.10 Å². The number of aliphatic hydroxyl groups excluding tert-OH is 1. The van der Waals surface area contributed by atoms with Gasteiger partial charge in [0.25, 0.3) is 0 Å². The summed E-state index contributed by atoms with van der Waals surface area (Å²) in [6, 6.07) is 7.78. The number of aliphatic hydroxyl groups is 1.